The first kappa shape index (κ1) is 16.9. The van der Waals surface area contributed by atoms with Gasteiger partial charge in [0.25, 0.3) is 5.56 Å². The minimum absolute atomic E-state index is 0.0403. The smallest absolute Gasteiger partial charge is 0.271 e. The number of fused-ring (bicyclic) bond motifs is 1. The highest BCUT2D eigenvalue weighted by molar-refractivity contribution is 7.17. The summed E-state index contributed by atoms with van der Waals surface area (Å²) < 4.78 is 7.31. The van der Waals surface area contributed by atoms with Crippen LogP contribution in [-0.4, -0.2) is 37.0 Å². The molecule has 0 N–H and O–H groups in total. The number of nitrogens with zero attached hydrogens (tertiary/aromatic N) is 5. The highest BCUT2D eigenvalue weighted by Crippen LogP contribution is 2.31. The van der Waals surface area contributed by atoms with E-state index in [1.54, 1.807) is 11.0 Å². The van der Waals surface area contributed by atoms with E-state index in [4.69, 9.17) is 4.52 Å². The van der Waals surface area contributed by atoms with Gasteiger partial charge in [0.15, 0.2) is 5.82 Å². The molecule has 1 fully saturated rings. The Balaban J connectivity index is 1.56. The van der Waals surface area contributed by atoms with Crippen molar-refractivity contribution in [3.8, 4) is 0 Å². The van der Waals surface area contributed by atoms with Crippen molar-refractivity contribution in [1.82, 2.24) is 24.6 Å². The lowest BCUT2D eigenvalue weighted by molar-refractivity contribution is -0.133. The molecule has 0 saturated carbocycles. The van der Waals surface area contributed by atoms with E-state index in [9.17, 15) is 9.59 Å². The van der Waals surface area contributed by atoms with E-state index in [1.807, 2.05) is 19.2 Å². The van der Waals surface area contributed by atoms with Crippen LogP contribution in [0.1, 0.15) is 50.4 Å². The lowest BCUT2D eigenvalue weighted by atomic mass is 10.2. The van der Waals surface area contributed by atoms with Gasteiger partial charge in [0.05, 0.1) is 11.8 Å². The van der Waals surface area contributed by atoms with Gasteiger partial charge in [0.2, 0.25) is 11.8 Å². The molecule has 1 atom stereocenters. The van der Waals surface area contributed by atoms with E-state index in [-0.39, 0.29) is 30.0 Å². The topological polar surface area (TPSA) is 94.1 Å². The summed E-state index contributed by atoms with van der Waals surface area (Å²) in [5.74, 6) is 1.14. The first-order valence-electron chi connectivity index (χ1n) is 8.60. The Kier molecular flexibility index (Phi) is 4.31. The molecule has 0 bridgehead atoms. The Hall–Kier alpha value is -2.55. The number of aromatic nitrogens is 4. The molecule has 0 spiro atoms. The lowest BCUT2D eigenvalue weighted by Crippen LogP contribution is -2.36. The third kappa shape index (κ3) is 2.92. The van der Waals surface area contributed by atoms with Crippen LogP contribution in [0.4, 0.5) is 0 Å². The minimum atomic E-state index is -0.225. The van der Waals surface area contributed by atoms with Crippen LogP contribution < -0.4 is 5.56 Å². The van der Waals surface area contributed by atoms with E-state index in [2.05, 4.69) is 15.1 Å². The molecule has 136 valence electrons. The molecular weight excluding hydrogens is 354 g/mol. The highest BCUT2D eigenvalue weighted by atomic mass is 32.1. The van der Waals surface area contributed by atoms with Gasteiger partial charge in [-0.25, -0.2) is 4.98 Å². The molecular formula is C17H19N5O3S. The van der Waals surface area contributed by atoms with Crippen molar-refractivity contribution in [3.63, 3.8) is 0 Å². The van der Waals surface area contributed by atoms with Gasteiger partial charge in [-0.1, -0.05) is 19.0 Å². The molecule has 1 aliphatic rings. The Labute approximate surface area is 153 Å². The molecule has 4 heterocycles. The quantitative estimate of drug-likeness (QED) is 0.697. The van der Waals surface area contributed by atoms with Gasteiger partial charge >= 0.3 is 0 Å². The molecule has 3 aromatic rings. The molecule has 1 saturated heterocycles. The second-order valence-corrected chi connectivity index (χ2v) is 7.62. The van der Waals surface area contributed by atoms with Crippen LogP contribution in [0.25, 0.3) is 10.2 Å². The fourth-order valence-corrected chi connectivity index (χ4v) is 3.96. The molecule has 1 aliphatic heterocycles. The van der Waals surface area contributed by atoms with Crippen LogP contribution in [0.3, 0.4) is 0 Å². The third-order valence-electron chi connectivity index (χ3n) is 4.57. The zero-order chi connectivity index (χ0) is 18.3. The van der Waals surface area contributed by atoms with Gasteiger partial charge in [-0.3, -0.25) is 14.2 Å². The molecule has 0 unspecified atom stereocenters. The molecule has 0 aromatic carbocycles. The molecule has 1 amide bonds. The first-order chi connectivity index (χ1) is 12.5. The number of rotatable bonds is 4. The Morgan fingerprint density at radius 1 is 1.46 bits per heavy atom. The second-order valence-electron chi connectivity index (χ2n) is 6.70. The molecule has 4 rings (SSSR count). The van der Waals surface area contributed by atoms with Crippen LogP contribution in [0, 0.1) is 0 Å². The molecule has 9 heteroatoms. The second kappa shape index (κ2) is 6.64. The highest BCUT2D eigenvalue weighted by Gasteiger charge is 2.34. The number of likely N-dealkylation sites (tertiary alicyclic amines) is 1. The van der Waals surface area contributed by atoms with Crippen molar-refractivity contribution in [3.05, 3.63) is 39.8 Å². The fourth-order valence-electron chi connectivity index (χ4n) is 3.17. The van der Waals surface area contributed by atoms with Crippen LogP contribution in [0.5, 0.6) is 0 Å². The maximum atomic E-state index is 12.8. The zero-order valence-electron chi connectivity index (χ0n) is 14.6. The average Bonchev–Trinajstić information content (AvgIpc) is 3.36. The van der Waals surface area contributed by atoms with Gasteiger partial charge in [0.1, 0.15) is 17.3 Å². The fraction of sp³-hybridized carbons (Fsp3) is 0.471. The summed E-state index contributed by atoms with van der Waals surface area (Å²) in [6.07, 6.45) is 3.08. The molecule has 3 aromatic heterocycles. The van der Waals surface area contributed by atoms with Crippen molar-refractivity contribution < 1.29 is 9.32 Å². The summed E-state index contributed by atoms with van der Waals surface area (Å²) in [5, 5.41) is 5.82. The number of carbonyl (C=O) groups excluding carboxylic acids is 1. The van der Waals surface area contributed by atoms with Crippen molar-refractivity contribution in [2.24, 2.45) is 0 Å². The van der Waals surface area contributed by atoms with E-state index in [0.717, 1.165) is 12.8 Å². The zero-order valence-corrected chi connectivity index (χ0v) is 15.4. The van der Waals surface area contributed by atoms with Crippen molar-refractivity contribution in [1.29, 1.82) is 0 Å². The largest absolute Gasteiger partial charge is 0.337 e. The van der Waals surface area contributed by atoms with Crippen LogP contribution >= 0.6 is 11.3 Å². The van der Waals surface area contributed by atoms with E-state index in [0.29, 0.717) is 28.5 Å². The van der Waals surface area contributed by atoms with Crippen LogP contribution in [0.15, 0.2) is 27.1 Å². The summed E-state index contributed by atoms with van der Waals surface area (Å²) in [6, 6.07) is 1.57. The molecule has 8 nitrogen and oxygen atoms in total. The van der Waals surface area contributed by atoms with Crippen molar-refractivity contribution in [2.75, 3.05) is 6.54 Å². The summed E-state index contributed by atoms with van der Waals surface area (Å²) >= 11 is 1.34. The van der Waals surface area contributed by atoms with Gasteiger partial charge in [-0.15, -0.1) is 11.3 Å². The summed E-state index contributed by atoms with van der Waals surface area (Å²) in [7, 11) is 0. The normalized spacial score (nSPS) is 17.5. The van der Waals surface area contributed by atoms with Gasteiger partial charge in [0, 0.05) is 12.5 Å². The standard InChI is InChI=1S/C17H19N5O3S/c1-10(2)15-19-16(25-20-15)12-4-3-6-22(12)13(23)8-21-9-18-11-5-7-26-14(11)17(21)24/h5,7,9-10,12H,3-4,6,8H2,1-2H3/t12-/m1/s1. The molecule has 0 aliphatic carbocycles. The maximum Gasteiger partial charge on any atom is 0.271 e. The number of amides is 1. The molecule has 26 heavy (non-hydrogen) atoms. The summed E-state index contributed by atoms with van der Waals surface area (Å²) in [5.41, 5.74) is 0.476. The average molecular weight is 373 g/mol. The van der Waals surface area contributed by atoms with E-state index >= 15 is 0 Å². The van der Waals surface area contributed by atoms with E-state index < -0.39 is 0 Å². The predicted molar refractivity (Wildman–Crippen MR) is 96.0 cm³/mol. The number of hydrogen-bond acceptors (Lipinski definition) is 7. The first-order valence-corrected chi connectivity index (χ1v) is 9.48. The van der Waals surface area contributed by atoms with Crippen molar-refractivity contribution in [2.45, 2.75) is 45.2 Å². The van der Waals surface area contributed by atoms with Gasteiger partial charge < -0.3 is 9.42 Å². The van der Waals surface area contributed by atoms with Crippen molar-refractivity contribution >= 4 is 27.5 Å². The molecule has 0 radical (unpaired) electrons. The Bertz CT molecular complexity index is 1010. The number of thiophene rings is 1. The monoisotopic (exact) mass is 373 g/mol. The predicted octanol–water partition coefficient (Wildman–Crippen LogP) is 2.33. The SMILES string of the molecule is CC(C)c1noc([C@H]2CCCN2C(=O)Cn2cnc3ccsc3c2=O)n1. The van der Waals surface area contributed by atoms with Crippen LogP contribution in [0.2, 0.25) is 0 Å². The minimum Gasteiger partial charge on any atom is -0.337 e. The number of carbonyl (C=O) groups is 1. The van der Waals surface area contributed by atoms with Crippen LogP contribution in [-0.2, 0) is 11.3 Å². The lowest BCUT2D eigenvalue weighted by Gasteiger charge is -2.22. The Morgan fingerprint density at radius 2 is 2.31 bits per heavy atom. The van der Waals surface area contributed by atoms with Gasteiger partial charge in [-0.2, -0.15) is 4.98 Å². The number of hydrogen-bond donors (Lipinski definition) is 0. The van der Waals surface area contributed by atoms with E-state index in [1.165, 1.54) is 22.2 Å². The van der Waals surface area contributed by atoms with Gasteiger partial charge in [-0.05, 0) is 24.3 Å². The summed E-state index contributed by atoms with van der Waals surface area (Å²) in [4.78, 5) is 35.7. The summed E-state index contributed by atoms with van der Waals surface area (Å²) in [6.45, 7) is 4.56. The maximum absolute atomic E-state index is 12.8. The Morgan fingerprint density at radius 3 is 3.08 bits per heavy atom. The third-order valence-corrected chi connectivity index (χ3v) is 5.47.